The van der Waals surface area contributed by atoms with E-state index in [4.69, 9.17) is 0 Å². The summed E-state index contributed by atoms with van der Waals surface area (Å²) in [6, 6.07) is 9.13. The molecule has 0 fully saturated rings. The third-order valence-electron chi connectivity index (χ3n) is 3.53. The summed E-state index contributed by atoms with van der Waals surface area (Å²) >= 11 is 0. The van der Waals surface area contributed by atoms with Crippen molar-refractivity contribution in [3.05, 3.63) is 48.2 Å². The van der Waals surface area contributed by atoms with Crippen molar-refractivity contribution in [3.8, 4) is 0 Å². The highest BCUT2D eigenvalue weighted by molar-refractivity contribution is 5.82. The minimum Gasteiger partial charge on any atom is -0.361 e. The quantitative estimate of drug-likeness (QED) is 0.772. The Balaban J connectivity index is 1.70. The number of benzene rings is 1. The van der Waals surface area contributed by atoms with Crippen molar-refractivity contribution in [2.24, 2.45) is 0 Å². The first-order valence-electron chi connectivity index (χ1n) is 6.37. The monoisotopic (exact) mass is 226 g/mol. The van der Waals surface area contributed by atoms with Gasteiger partial charge in [0.25, 0.3) is 0 Å². The van der Waals surface area contributed by atoms with Gasteiger partial charge in [0.1, 0.15) is 0 Å². The Morgan fingerprint density at radius 2 is 2.18 bits per heavy atom. The minimum atomic E-state index is 0.647. The van der Waals surface area contributed by atoms with Gasteiger partial charge in [0.15, 0.2) is 0 Å². The molecule has 3 rings (SSSR count). The number of hydrogen-bond acceptors (Lipinski definition) is 1. The van der Waals surface area contributed by atoms with Crippen molar-refractivity contribution < 1.29 is 0 Å². The molecule has 1 aromatic carbocycles. The lowest BCUT2D eigenvalue weighted by molar-refractivity contribution is 0.475. The van der Waals surface area contributed by atoms with Crippen molar-refractivity contribution in [1.29, 1.82) is 0 Å². The second kappa shape index (κ2) is 4.76. The zero-order valence-corrected chi connectivity index (χ0v) is 9.95. The lowest BCUT2D eigenvalue weighted by Gasteiger charge is -2.19. The van der Waals surface area contributed by atoms with E-state index in [2.05, 4.69) is 52.9 Å². The van der Waals surface area contributed by atoms with Gasteiger partial charge in [0, 0.05) is 29.7 Å². The molecule has 1 unspecified atom stereocenters. The van der Waals surface area contributed by atoms with E-state index in [1.165, 1.54) is 35.7 Å². The summed E-state index contributed by atoms with van der Waals surface area (Å²) in [7, 11) is 0. The molecule has 1 atom stereocenters. The lowest BCUT2D eigenvalue weighted by Crippen LogP contribution is -2.29. The van der Waals surface area contributed by atoms with Crippen LogP contribution in [0.4, 0.5) is 0 Å². The summed E-state index contributed by atoms with van der Waals surface area (Å²) in [5.74, 6) is 0. The first-order chi connectivity index (χ1) is 8.43. The van der Waals surface area contributed by atoms with Gasteiger partial charge in [-0.3, -0.25) is 0 Å². The molecule has 0 bridgehead atoms. The fraction of sp³-hybridized carbons (Fsp3) is 0.333. The smallest absolute Gasteiger partial charge is 0.0457 e. The molecule has 0 spiro atoms. The normalized spacial score (nSPS) is 19.9. The SMILES string of the molecule is C1=CCC(NCc2c[nH]c3ccccc23)CC1. The molecule has 2 nitrogen and oxygen atoms in total. The third-order valence-corrected chi connectivity index (χ3v) is 3.53. The van der Waals surface area contributed by atoms with Crippen LogP contribution in [0.25, 0.3) is 10.9 Å². The zero-order valence-electron chi connectivity index (χ0n) is 9.95. The van der Waals surface area contributed by atoms with E-state index in [1.807, 2.05) is 0 Å². The molecule has 2 aromatic rings. The Labute approximate surface area is 102 Å². The topological polar surface area (TPSA) is 27.8 Å². The Hall–Kier alpha value is -1.54. The molecule has 0 radical (unpaired) electrons. The fourth-order valence-electron chi connectivity index (χ4n) is 2.51. The summed E-state index contributed by atoms with van der Waals surface area (Å²) in [5, 5.41) is 4.98. The predicted molar refractivity (Wildman–Crippen MR) is 71.9 cm³/mol. The number of H-pyrrole nitrogens is 1. The van der Waals surface area contributed by atoms with Gasteiger partial charge in [-0.2, -0.15) is 0 Å². The number of aromatic amines is 1. The van der Waals surface area contributed by atoms with Crippen LogP contribution in [0.3, 0.4) is 0 Å². The van der Waals surface area contributed by atoms with Gasteiger partial charge >= 0.3 is 0 Å². The molecule has 0 saturated heterocycles. The minimum absolute atomic E-state index is 0.647. The highest BCUT2D eigenvalue weighted by Gasteiger charge is 2.10. The molecule has 0 saturated carbocycles. The summed E-state index contributed by atoms with van der Waals surface area (Å²) in [6.45, 7) is 0.961. The summed E-state index contributed by atoms with van der Waals surface area (Å²) in [5.41, 5.74) is 2.60. The largest absolute Gasteiger partial charge is 0.361 e. The van der Waals surface area contributed by atoms with Gasteiger partial charge < -0.3 is 10.3 Å². The van der Waals surface area contributed by atoms with E-state index in [0.717, 1.165) is 6.54 Å². The Bertz CT molecular complexity index is 524. The average molecular weight is 226 g/mol. The van der Waals surface area contributed by atoms with Crippen LogP contribution in [0, 0.1) is 0 Å². The van der Waals surface area contributed by atoms with E-state index in [1.54, 1.807) is 0 Å². The molecule has 2 N–H and O–H groups in total. The lowest BCUT2D eigenvalue weighted by atomic mass is 10.0. The van der Waals surface area contributed by atoms with Crippen LogP contribution in [0.15, 0.2) is 42.6 Å². The van der Waals surface area contributed by atoms with E-state index in [0.29, 0.717) is 6.04 Å². The number of fused-ring (bicyclic) bond motifs is 1. The molecular formula is C15H18N2. The van der Waals surface area contributed by atoms with E-state index in [9.17, 15) is 0 Å². The predicted octanol–water partition coefficient (Wildman–Crippen LogP) is 3.37. The number of hydrogen-bond donors (Lipinski definition) is 2. The number of para-hydroxylation sites is 1. The molecule has 17 heavy (non-hydrogen) atoms. The van der Waals surface area contributed by atoms with Crippen LogP contribution in [-0.4, -0.2) is 11.0 Å². The second-order valence-electron chi connectivity index (χ2n) is 4.72. The zero-order chi connectivity index (χ0) is 11.5. The Morgan fingerprint density at radius 3 is 3.06 bits per heavy atom. The Kier molecular flexibility index (Phi) is 2.97. The molecular weight excluding hydrogens is 208 g/mol. The molecule has 2 heteroatoms. The van der Waals surface area contributed by atoms with Crippen molar-refractivity contribution >= 4 is 10.9 Å². The third kappa shape index (κ3) is 2.27. The first kappa shape index (κ1) is 10.6. The van der Waals surface area contributed by atoms with Crippen LogP contribution in [0.2, 0.25) is 0 Å². The van der Waals surface area contributed by atoms with Crippen LogP contribution in [0.1, 0.15) is 24.8 Å². The summed E-state index contributed by atoms with van der Waals surface area (Å²) in [4.78, 5) is 3.32. The van der Waals surface area contributed by atoms with Gasteiger partial charge in [-0.05, 0) is 30.9 Å². The number of nitrogens with one attached hydrogen (secondary N) is 2. The van der Waals surface area contributed by atoms with Gasteiger partial charge in [0.2, 0.25) is 0 Å². The van der Waals surface area contributed by atoms with E-state index in [-0.39, 0.29) is 0 Å². The number of aromatic nitrogens is 1. The van der Waals surface area contributed by atoms with Gasteiger partial charge in [0.05, 0.1) is 0 Å². The van der Waals surface area contributed by atoms with Crippen molar-refractivity contribution in [1.82, 2.24) is 10.3 Å². The van der Waals surface area contributed by atoms with Crippen LogP contribution < -0.4 is 5.32 Å². The van der Waals surface area contributed by atoms with Gasteiger partial charge in [-0.25, -0.2) is 0 Å². The second-order valence-corrected chi connectivity index (χ2v) is 4.72. The first-order valence-corrected chi connectivity index (χ1v) is 6.37. The maximum absolute atomic E-state index is 3.64. The van der Waals surface area contributed by atoms with Crippen molar-refractivity contribution in [2.45, 2.75) is 31.8 Å². The number of rotatable bonds is 3. The molecule has 88 valence electrons. The van der Waals surface area contributed by atoms with Crippen molar-refractivity contribution in [3.63, 3.8) is 0 Å². The van der Waals surface area contributed by atoms with Crippen LogP contribution >= 0.6 is 0 Å². The summed E-state index contributed by atoms with van der Waals surface area (Å²) in [6.07, 6.45) is 10.3. The molecule has 1 aliphatic rings. The number of allylic oxidation sites excluding steroid dienone is 1. The fourth-order valence-corrected chi connectivity index (χ4v) is 2.51. The maximum atomic E-state index is 3.64. The van der Waals surface area contributed by atoms with Crippen molar-refractivity contribution in [2.75, 3.05) is 0 Å². The van der Waals surface area contributed by atoms with Gasteiger partial charge in [-0.15, -0.1) is 0 Å². The highest BCUT2D eigenvalue weighted by Crippen LogP contribution is 2.18. The van der Waals surface area contributed by atoms with E-state index < -0.39 is 0 Å². The maximum Gasteiger partial charge on any atom is 0.0457 e. The molecule has 1 aromatic heterocycles. The van der Waals surface area contributed by atoms with Crippen LogP contribution in [-0.2, 0) is 6.54 Å². The highest BCUT2D eigenvalue weighted by atomic mass is 14.9. The molecule has 0 aliphatic heterocycles. The standard InChI is InChI=1S/C15H18N2/c1-2-6-13(7-3-1)16-10-12-11-17-15-9-5-4-8-14(12)15/h1-2,4-5,8-9,11,13,16-17H,3,6-7,10H2. The summed E-state index contributed by atoms with van der Waals surface area (Å²) < 4.78 is 0. The average Bonchev–Trinajstić information content (AvgIpc) is 2.81. The Morgan fingerprint density at radius 1 is 1.24 bits per heavy atom. The van der Waals surface area contributed by atoms with E-state index >= 15 is 0 Å². The molecule has 1 aliphatic carbocycles. The molecule has 1 heterocycles. The van der Waals surface area contributed by atoms with Crippen LogP contribution in [0.5, 0.6) is 0 Å². The molecule has 0 amide bonds. The van der Waals surface area contributed by atoms with Gasteiger partial charge in [-0.1, -0.05) is 30.4 Å².